The Morgan fingerprint density at radius 2 is 1.92 bits per heavy atom. The van der Waals surface area contributed by atoms with Crippen molar-refractivity contribution in [1.29, 1.82) is 0 Å². The van der Waals surface area contributed by atoms with Gasteiger partial charge >= 0.3 is 5.97 Å². The van der Waals surface area contributed by atoms with Crippen molar-refractivity contribution in [3.05, 3.63) is 82.6 Å². The van der Waals surface area contributed by atoms with E-state index in [1.807, 2.05) is 61.5 Å². The lowest BCUT2D eigenvalue weighted by Crippen LogP contribution is -2.49. The van der Waals surface area contributed by atoms with Crippen molar-refractivity contribution in [1.82, 2.24) is 5.32 Å². The van der Waals surface area contributed by atoms with Gasteiger partial charge in [0.05, 0.1) is 37.3 Å². The number of methoxy groups -OCH3 is 2. The molecule has 2 aromatic carbocycles. The van der Waals surface area contributed by atoms with Crippen molar-refractivity contribution in [3.63, 3.8) is 0 Å². The van der Waals surface area contributed by atoms with Gasteiger partial charge in [0.15, 0.2) is 0 Å². The summed E-state index contributed by atoms with van der Waals surface area (Å²) in [5.41, 5.74) is 11.8. The number of aliphatic carboxylic acids is 1. The number of carbonyl (C=O) groups is 1. The molecule has 0 spiro atoms. The lowest BCUT2D eigenvalue weighted by Gasteiger charge is -2.27. The fraction of sp³-hybridized carbons (Fsp3) is 0.379. The van der Waals surface area contributed by atoms with Gasteiger partial charge in [-0.2, -0.15) is 0 Å². The first-order valence-electron chi connectivity index (χ1n) is 12.6. The van der Waals surface area contributed by atoms with Crippen molar-refractivity contribution in [2.45, 2.75) is 44.2 Å². The van der Waals surface area contributed by atoms with Crippen molar-refractivity contribution >= 4 is 22.9 Å². The molecule has 0 saturated heterocycles. The molecule has 38 heavy (non-hydrogen) atoms. The van der Waals surface area contributed by atoms with E-state index in [-0.39, 0.29) is 12.5 Å². The Balaban J connectivity index is 1.49. The first kappa shape index (κ1) is 27.7. The molecule has 1 heterocycles. The number of nitrogens with one attached hydrogen (secondary N) is 1. The number of carboxylic acid groups (broad SMARTS) is 1. The van der Waals surface area contributed by atoms with Crippen LogP contribution in [0.25, 0.3) is 5.57 Å². The summed E-state index contributed by atoms with van der Waals surface area (Å²) in [6.45, 7) is 3.11. The van der Waals surface area contributed by atoms with Gasteiger partial charge in [0.2, 0.25) is 0 Å². The summed E-state index contributed by atoms with van der Waals surface area (Å²) in [4.78, 5) is 16.4. The predicted molar refractivity (Wildman–Crippen MR) is 145 cm³/mol. The zero-order valence-corrected chi connectivity index (χ0v) is 21.9. The quantitative estimate of drug-likeness (QED) is 0.313. The van der Waals surface area contributed by atoms with Gasteiger partial charge < -0.3 is 30.2 Å². The Morgan fingerprint density at radius 3 is 2.55 bits per heavy atom. The lowest BCUT2D eigenvalue weighted by atomic mass is 9.88. The maximum absolute atomic E-state index is 12.0. The molecule has 0 aromatic heterocycles. The monoisotopic (exact) mass is 521 g/mol. The number of ether oxygens (including phenoxy) is 3. The Hall–Kier alpha value is -3.34. The number of aliphatic hydroxyl groups is 1. The summed E-state index contributed by atoms with van der Waals surface area (Å²) in [5.74, 6) is -0.366. The SMILES string of the molecule is CCOCC1=CC(OC)=C(c2ccc(CC(NC(O)C3=Nc4ccccc4C3N)C(=O)O)cc2)C(OC)C1. The molecule has 4 unspecified atom stereocenters. The third-order valence-corrected chi connectivity index (χ3v) is 6.85. The van der Waals surface area contributed by atoms with Gasteiger partial charge in [-0.15, -0.1) is 0 Å². The first-order chi connectivity index (χ1) is 18.4. The Morgan fingerprint density at radius 1 is 1.18 bits per heavy atom. The second kappa shape index (κ2) is 12.5. The van der Waals surface area contributed by atoms with Gasteiger partial charge in [-0.1, -0.05) is 42.5 Å². The molecule has 4 rings (SSSR count). The molecule has 9 heteroatoms. The van der Waals surface area contributed by atoms with Crippen molar-refractivity contribution < 1.29 is 29.2 Å². The number of aliphatic imine (C=N–C) groups is 1. The van der Waals surface area contributed by atoms with Crippen LogP contribution in [0.4, 0.5) is 5.69 Å². The van der Waals surface area contributed by atoms with Gasteiger partial charge in [-0.25, -0.2) is 0 Å². The normalized spacial score (nSPS) is 20.4. The largest absolute Gasteiger partial charge is 0.496 e. The average Bonchev–Trinajstić information content (AvgIpc) is 3.27. The van der Waals surface area contributed by atoms with Crippen molar-refractivity contribution in [2.75, 3.05) is 27.4 Å². The van der Waals surface area contributed by atoms with Crippen LogP contribution < -0.4 is 11.1 Å². The van der Waals surface area contributed by atoms with Crippen molar-refractivity contribution in [2.24, 2.45) is 10.7 Å². The zero-order valence-electron chi connectivity index (χ0n) is 21.9. The van der Waals surface area contributed by atoms with Gasteiger partial charge in [0.1, 0.15) is 18.0 Å². The van der Waals surface area contributed by atoms with Crippen LogP contribution >= 0.6 is 0 Å². The second-order valence-corrected chi connectivity index (χ2v) is 9.28. The van der Waals surface area contributed by atoms with Gasteiger partial charge in [-0.3, -0.25) is 15.1 Å². The molecule has 0 saturated carbocycles. The molecule has 1 aliphatic carbocycles. The number of fused-ring (bicyclic) bond motifs is 1. The van der Waals surface area contributed by atoms with E-state index in [1.54, 1.807) is 14.2 Å². The van der Waals surface area contributed by atoms with Crippen LogP contribution in [0.15, 0.2) is 70.9 Å². The summed E-state index contributed by atoms with van der Waals surface area (Å²) >= 11 is 0. The molecule has 9 nitrogen and oxygen atoms in total. The molecule has 0 bridgehead atoms. The third-order valence-electron chi connectivity index (χ3n) is 6.85. The highest BCUT2D eigenvalue weighted by molar-refractivity contribution is 6.00. The fourth-order valence-electron chi connectivity index (χ4n) is 4.85. The number of para-hydroxylation sites is 1. The van der Waals surface area contributed by atoms with Gasteiger partial charge in [0.25, 0.3) is 0 Å². The number of benzene rings is 2. The van der Waals surface area contributed by atoms with Crippen LogP contribution in [0.1, 0.15) is 36.1 Å². The van der Waals surface area contributed by atoms with E-state index in [4.69, 9.17) is 19.9 Å². The molecule has 0 fully saturated rings. The van der Waals surface area contributed by atoms with Crippen LogP contribution in [0.5, 0.6) is 0 Å². The molecule has 0 amide bonds. The van der Waals surface area contributed by atoms with E-state index in [9.17, 15) is 15.0 Å². The Labute approximate surface area is 222 Å². The minimum absolute atomic E-state index is 0.157. The molecule has 5 N–H and O–H groups in total. The highest BCUT2D eigenvalue weighted by Gasteiger charge is 2.32. The number of carboxylic acids is 1. The summed E-state index contributed by atoms with van der Waals surface area (Å²) in [6.07, 6.45) is 1.36. The molecular formula is C29H35N3O6. The highest BCUT2D eigenvalue weighted by Crippen LogP contribution is 2.35. The van der Waals surface area contributed by atoms with E-state index < -0.39 is 24.3 Å². The van der Waals surface area contributed by atoms with Gasteiger partial charge in [0, 0.05) is 31.3 Å². The van der Waals surface area contributed by atoms with E-state index >= 15 is 0 Å². The van der Waals surface area contributed by atoms with Crippen LogP contribution in [0.3, 0.4) is 0 Å². The summed E-state index contributed by atoms with van der Waals surface area (Å²) in [6, 6.07) is 13.3. The molecule has 0 radical (unpaired) electrons. The maximum Gasteiger partial charge on any atom is 0.321 e. The van der Waals surface area contributed by atoms with E-state index in [0.29, 0.717) is 36.8 Å². The van der Waals surface area contributed by atoms with Crippen LogP contribution in [0.2, 0.25) is 0 Å². The fourth-order valence-corrected chi connectivity index (χ4v) is 4.85. The van der Waals surface area contributed by atoms with E-state index in [2.05, 4.69) is 10.3 Å². The minimum Gasteiger partial charge on any atom is -0.496 e. The van der Waals surface area contributed by atoms with E-state index in [1.165, 1.54) is 0 Å². The minimum atomic E-state index is -1.30. The smallest absolute Gasteiger partial charge is 0.321 e. The number of aliphatic hydroxyl groups excluding tert-OH is 1. The molecule has 1 aliphatic heterocycles. The standard InChI is InChI=1S/C29H35N3O6/c1-4-38-16-18-14-23(36-2)25(24(15-18)37-3)19-11-9-17(10-12-19)13-22(29(34)35)32-28(33)27-26(30)20-7-5-6-8-21(20)31-27/h5-12,14,22,24,26,28,32-33H,4,13,15-16,30H2,1-3H3,(H,34,35). The van der Waals surface area contributed by atoms with Crippen LogP contribution in [-0.4, -0.2) is 67.7 Å². The van der Waals surface area contributed by atoms with Gasteiger partial charge in [-0.05, 0) is 42.2 Å². The second-order valence-electron chi connectivity index (χ2n) is 9.28. The Bertz CT molecular complexity index is 1240. The number of hydrogen-bond acceptors (Lipinski definition) is 8. The van der Waals surface area contributed by atoms with Crippen LogP contribution in [0, 0.1) is 0 Å². The molecular weight excluding hydrogens is 486 g/mol. The molecule has 2 aromatic rings. The number of allylic oxidation sites excluding steroid dienone is 1. The molecule has 202 valence electrons. The predicted octanol–water partition coefficient (Wildman–Crippen LogP) is 3.12. The average molecular weight is 522 g/mol. The van der Waals surface area contributed by atoms with Crippen LogP contribution in [-0.2, 0) is 25.4 Å². The summed E-state index contributed by atoms with van der Waals surface area (Å²) in [5, 5.41) is 23.4. The number of nitrogens with zero attached hydrogens (tertiary/aromatic N) is 1. The molecule has 4 atom stereocenters. The van der Waals surface area contributed by atoms with E-state index in [0.717, 1.165) is 27.8 Å². The number of nitrogens with two attached hydrogens (primary N) is 1. The first-order valence-corrected chi connectivity index (χ1v) is 12.6. The van der Waals surface area contributed by atoms with Crippen molar-refractivity contribution in [3.8, 4) is 0 Å². The summed E-state index contributed by atoms with van der Waals surface area (Å²) in [7, 11) is 3.30. The summed E-state index contributed by atoms with van der Waals surface area (Å²) < 4.78 is 17.0. The topological polar surface area (TPSA) is 136 Å². The lowest BCUT2D eigenvalue weighted by molar-refractivity contribution is -0.140. The zero-order chi connectivity index (χ0) is 27.2. The number of rotatable bonds is 12. The third kappa shape index (κ3) is 6.03. The maximum atomic E-state index is 12.0. The number of hydrogen-bond donors (Lipinski definition) is 4. The Kier molecular flexibility index (Phi) is 9.09. The molecule has 2 aliphatic rings. The highest BCUT2D eigenvalue weighted by atomic mass is 16.5.